The molecule has 348 valence electrons. The highest BCUT2D eigenvalue weighted by molar-refractivity contribution is 5.91. The Bertz CT molecular complexity index is 2770. The number of aromatic amines is 2. The third kappa shape index (κ3) is 9.40. The van der Waals surface area contributed by atoms with Crippen molar-refractivity contribution in [2.24, 2.45) is 17.3 Å². The second-order valence-corrected chi connectivity index (χ2v) is 18.6. The van der Waals surface area contributed by atoms with Crippen molar-refractivity contribution in [1.29, 1.82) is 0 Å². The summed E-state index contributed by atoms with van der Waals surface area (Å²) < 4.78 is 15.8. The van der Waals surface area contributed by atoms with Gasteiger partial charge in [0.2, 0.25) is 17.7 Å². The number of alkyl carbamates (subject to hydrolysis) is 2. The minimum atomic E-state index is -0.819. The van der Waals surface area contributed by atoms with Gasteiger partial charge in [-0.2, -0.15) is 0 Å². The number of nitrogens with zero attached hydrogens (tertiary/aromatic N) is 6. The van der Waals surface area contributed by atoms with Crippen molar-refractivity contribution in [3.05, 3.63) is 103 Å². The molecule has 3 aliphatic rings. The molecule has 1 saturated carbocycles. The zero-order valence-electron chi connectivity index (χ0n) is 38.5. The maximum Gasteiger partial charge on any atom is 0.407 e. The monoisotopic (exact) mass is 908 g/mol. The lowest BCUT2D eigenvalue weighted by Crippen LogP contribution is -2.51. The van der Waals surface area contributed by atoms with Gasteiger partial charge in [0.15, 0.2) is 0 Å². The number of nitrogens with one attached hydrogen (secondary N) is 4. The smallest absolute Gasteiger partial charge is 0.407 e. The van der Waals surface area contributed by atoms with E-state index in [2.05, 4.69) is 79.1 Å². The Labute approximate surface area is 388 Å². The van der Waals surface area contributed by atoms with Crippen molar-refractivity contribution < 1.29 is 33.4 Å². The van der Waals surface area contributed by atoms with Crippen LogP contribution in [-0.4, -0.2) is 109 Å². The van der Waals surface area contributed by atoms with Crippen LogP contribution in [0.2, 0.25) is 0 Å². The Hall–Kier alpha value is -7.30. The summed E-state index contributed by atoms with van der Waals surface area (Å²) in [5, 5.41) is 7.62. The average Bonchev–Trinajstić information content (AvgIpc) is 3.83. The second kappa shape index (κ2) is 18.5. The molecule has 3 aromatic heterocycles. The summed E-state index contributed by atoms with van der Waals surface area (Å²) in [5.41, 5.74) is 5.80. The molecule has 2 aliphatic heterocycles. The molecule has 5 unspecified atom stereocenters. The molecule has 4 amide bonds. The van der Waals surface area contributed by atoms with Crippen LogP contribution in [0.25, 0.3) is 44.4 Å². The van der Waals surface area contributed by atoms with Crippen LogP contribution < -0.4 is 15.4 Å². The summed E-state index contributed by atoms with van der Waals surface area (Å²) in [5.74, 6) is 1.00. The number of fused-ring (bicyclic) bond motifs is 1. The summed E-state index contributed by atoms with van der Waals surface area (Å²) in [6, 6.07) is 18.8. The maximum atomic E-state index is 14.1. The summed E-state index contributed by atoms with van der Waals surface area (Å²) in [4.78, 5) is 81.0. The summed E-state index contributed by atoms with van der Waals surface area (Å²) in [6.45, 7) is 8.49. The predicted molar refractivity (Wildman–Crippen MR) is 249 cm³/mol. The third-order valence-corrected chi connectivity index (χ3v) is 13.4. The van der Waals surface area contributed by atoms with Crippen LogP contribution in [0.15, 0.2) is 91.6 Å². The molecule has 1 spiro atoms. The van der Waals surface area contributed by atoms with Crippen LogP contribution >= 0.6 is 0 Å². The molecule has 17 heteroatoms. The molecule has 6 aromatic rings. The van der Waals surface area contributed by atoms with Crippen molar-refractivity contribution in [2.75, 3.05) is 27.3 Å². The molecule has 3 fully saturated rings. The molecule has 4 N–H and O–H groups in total. The van der Waals surface area contributed by atoms with Gasteiger partial charge in [0.1, 0.15) is 29.8 Å². The van der Waals surface area contributed by atoms with Crippen LogP contribution in [-0.2, 0) is 19.1 Å². The molecule has 1 aliphatic carbocycles. The number of rotatable bonds is 13. The number of benzene rings is 3. The molecule has 5 heterocycles. The highest BCUT2D eigenvalue weighted by Crippen LogP contribution is 2.58. The number of amides is 4. The molecule has 3 aromatic carbocycles. The number of H-pyrrole nitrogens is 2. The molecule has 17 nitrogen and oxygen atoms in total. The van der Waals surface area contributed by atoms with Gasteiger partial charge >= 0.3 is 12.2 Å². The maximum absolute atomic E-state index is 14.1. The first-order chi connectivity index (χ1) is 32.3. The molecule has 0 bridgehead atoms. The largest absolute Gasteiger partial charge is 0.471 e. The van der Waals surface area contributed by atoms with Gasteiger partial charge in [-0.15, -0.1) is 0 Å². The van der Waals surface area contributed by atoms with E-state index in [1.807, 2.05) is 50.9 Å². The minimum absolute atomic E-state index is 0.107. The summed E-state index contributed by atoms with van der Waals surface area (Å²) >= 11 is 0. The number of aromatic nitrogens is 6. The quantitative estimate of drug-likeness (QED) is 0.0886. The number of hydrogen-bond donors (Lipinski definition) is 4. The van der Waals surface area contributed by atoms with Crippen LogP contribution in [0, 0.1) is 17.3 Å². The first kappa shape index (κ1) is 44.9. The summed E-state index contributed by atoms with van der Waals surface area (Å²) in [6.07, 6.45) is 10.0. The van der Waals surface area contributed by atoms with Gasteiger partial charge in [0.25, 0.3) is 0 Å². The minimum Gasteiger partial charge on any atom is -0.471 e. The van der Waals surface area contributed by atoms with Crippen molar-refractivity contribution in [3.63, 3.8) is 0 Å². The molecule has 9 rings (SSSR count). The highest BCUT2D eigenvalue weighted by atomic mass is 16.5. The van der Waals surface area contributed by atoms with E-state index in [-0.39, 0.29) is 47.8 Å². The number of carbonyl (C=O) groups excluding carboxylic acids is 4. The first-order valence-corrected chi connectivity index (χ1v) is 22.8. The predicted octanol–water partition coefficient (Wildman–Crippen LogP) is 7.61. The number of likely N-dealkylation sites (tertiary alicyclic amines) is 2. The lowest BCUT2D eigenvalue weighted by atomic mass is 9.98. The third-order valence-electron chi connectivity index (χ3n) is 13.4. The molecular formula is C50H56N10O7. The van der Waals surface area contributed by atoms with E-state index in [1.54, 1.807) is 23.5 Å². The molecular weight excluding hydrogens is 853 g/mol. The van der Waals surface area contributed by atoms with Gasteiger partial charge < -0.3 is 44.6 Å². The summed E-state index contributed by atoms with van der Waals surface area (Å²) in [7, 11) is 2.57. The lowest BCUT2D eigenvalue weighted by molar-refractivity contribution is -0.136. The Morgan fingerprint density at radius 2 is 1.22 bits per heavy atom. The normalized spacial score (nSPS) is 19.4. The fourth-order valence-electron chi connectivity index (χ4n) is 9.47. The van der Waals surface area contributed by atoms with Crippen LogP contribution in [0.3, 0.4) is 0 Å². The molecule has 2 saturated heterocycles. The Balaban J connectivity index is 0.898. The van der Waals surface area contributed by atoms with Gasteiger partial charge in [-0.25, -0.2) is 24.5 Å². The number of methoxy groups -OCH3 is 2. The molecule has 5 atom stereocenters. The highest BCUT2D eigenvalue weighted by Gasteiger charge is 2.55. The zero-order chi connectivity index (χ0) is 47.0. The van der Waals surface area contributed by atoms with Crippen LogP contribution in [0.5, 0.6) is 5.88 Å². The van der Waals surface area contributed by atoms with E-state index >= 15 is 0 Å². The van der Waals surface area contributed by atoms with E-state index < -0.39 is 30.3 Å². The number of carbonyl (C=O) groups is 4. The van der Waals surface area contributed by atoms with E-state index in [0.717, 1.165) is 69.5 Å². The van der Waals surface area contributed by atoms with Crippen molar-refractivity contribution in [1.82, 2.24) is 50.3 Å². The van der Waals surface area contributed by atoms with Crippen molar-refractivity contribution in [3.8, 4) is 39.5 Å². The van der Waals surface area contributed by atoms with E-state index in [1.165, 1.54) is 20.4 Å². The van der Waals surface area contributed by atoms with Crippen LogP contribution in [0.1, 0.15) is 77.1 Å². The van der Waals surface area contributed by atoms with Crippen molar-refractivity contribution >= 4 is 34.8 Å². The fourth-order valence-corrected chi connectivity index (χ4v) is 9.47. The average molecular weight is 909 g/mol. The van der Waals surface area contributed by atoms with Gasteiger partial charge in [-0.1, -0.05) is 76.2 Å². The topological polar surface area (TPSA) is 210 Å². The lowest BCUT2D eigenvalue weighted by Gasteiger charge is -2.30. The van der Waals surface area contributed by atoms with E-state index in [9.17, 15) is 19.2 Å². The van der Waals surface area contributed by atoms with Gasteiger partial charge in [0, 0.05) is 30.9 Å². The number of imidazole rings is 2. The van der Waals surface area contributed by atoms with Crippen LogP contribution in [0.4, 0.5) is 9.59 Å². The van der Waals surface area contributed by atoms with E-state index in [4.69, 9.17) is 24.2 Å². The first-order valence-electron chi connectivity index (χ1n) is 22.8. The van der Waals surface area contributed by atoms with E-state index in [0.29, 0.717) is 24.7 Å². The number of hydrogen-bond acceptors (Lipinski definition) is 11. The SMILES string of the molecule is COC(=O)NC(C(=O)N1CC(Oc2cnccn2)CC1c1ncc(-c2ccc(-c3ccc4cc(-c5cnc(C6CC7(CC7)CN6C(=O)C(NC(=O)OC)C(C)C)[nH]5)ccc4c3)cc2)[nH]1)C(C)C. The standard InChI is InChI=1S/C50H56N10O7/c1-28(2)42(57-48(63)65-5)46(61)59-26-36(67-41-25-51-17-18-52-41)21-39(59)44-53-23-37(55-44)31-9-7-30(8-10-31)32-11-12-34-20-35(14-13-33(34)19-32)38-24-54-45(56-38)40-22-50(15-16-50)27-60(40)47(62)43(29(3)4)58-49(64)66-6/h7-14,17-20,23-25,28-29,36,39-40,42-43H,15-16,21-22,26-27H2,1-6H3,(H,53,55)(H,54,56)(H,57,63)(H,58,64). The fraction of sp³-hybridized carbons (Fsp3) is 0.400. The Kier molecular flexibility index (Phi) is 12.4. The second-order valence-electron chi connectivity index (χ2n) is 18.6. The van der Waals surface area contributed by atoms with Gasteiger partial charge in [0.05, 0.1) is 62.8 Å². The van der Waals surface area contributed by atoms with Gasteiger partial charge in [-0.3, -0.25) is 14.6 Å². The zero-order valence-corrected chi connectivity index (χ0v) is 38.5. The van der Waals surface area contributed by atoms with Crippen molar-refractivity contribution in [2.45, 2.75) is 83.6 Å². The Morgan fingerprint density at radius 3 is 1.81 bits per heavy atom. The Morgan fingerprint density at radius 1 is 0.672 bits per heavy atom. The number of ether oxygens (including phenoxy) is 3. The van der Waals surface area contributed by atoms with Gasteiger partial charge in [-0.05, 0) is 76.1 Å². The molecule has 0 radical (unpaired) electrons. The molecule has 67 heavy (non-hydrogen) atoms.